The fraction of sp³-hybridized carbons (Fsp3) is 0.304. The predicted molar refractivity (Wildman–Crippen MR) is 126 cm³/mol. The van der Waals surface area contributed by atoms with Crippen molar-refractivity contribution >= 4 is 29.6 Å². The van der Waals surface area contributed by atoms with Crippen LogP contribution in [-0.4, -0.2) is 58.9 Å². The molecule has 1 aliphatic rings. The summed E-state index contributed by atoms with van der Waals surface area (Å²) in [5, 5.41) is 19.4. The predicted octanol–water partition coefficient (Wildman–Crippen LogP) is 2.60. The fourth-order valence-electron chi connectivity index (χ4n) is 3.86. The molecule has 2 N–H and O–H groups in total. The van der Waals surface area contributed by atoms with Gasteiger partial charge in [-0.15, -0.1) is 0 Å². The normalized spacial score (nSPS) is 12.6. The minimum absolute atomic E-state index is 0.239. The number of urea groups is 1. The van der Waals surface area contributed by atoms with Crippen molar-refractivity contribution in [2.45, 2.75) is 12.8 Å². The molecule has 0 saturated carbocycles. The van der Waals surface area contributed by atoms with Gasteiger partial charge in [0.15, 0.2) is 6.29 Å². The monoisotopic (exact) mass is 460 g/mol. The Morgan fingerprint density at radius 3 is 2.94 bits per heavy atom. The average Bonchev–Trinajstić information content (AvgIpc) is 3.28. The van der Waals surface area contributed by atoms with Crippen molar-refractivity contribution < 1.29 is 14.3 Å². The zero-order valence-corrected chi connectivity index (χ0v) is 18.9. The molecule has 11 heteroatoms. The van der Waals surface area contributed by atoms with Gasteiger partial charge in [-0.05, 0) is 30.5 Å². The molecule has 1 aliphatic heterocycles. The summed E-state index contributed by atoms with van der Waals surface area (Å²) < 4.78 is 6.71. The zero-order valence-electron chi connectivity index (χ0n) is 18.9. The van der Waals surface area contributed by atoms with E-state index in [9.17, 15) is 14.9 Å². The highest BCUT2D eigenvalue weighted by Crippen LogP contribution is 2.32. The van der Waals surface area contributed by atoms with Crippen molar-refractivity contribution in [2.24, 2.45) is 7.05 Å². The molecule has 0 saturated heterocycles. The van der Waals surface area contributed by atoms with Crippen LogP contribution < -0.4 is 15.5 Å². The van der Waals surface area contributed by atoms with Crippen molar-refractivity contribution in [1.29, 1.82) is 5.26 Å². The maximum Gasteiger partial charge on any atom is 0.328 e. The zero-order chi connectivity index (χ0) is 24.1. The number of methoxy groups -OCH3 is 1. The molecular formula is C23H24N8O3. The smallest absolute Gasteiger partial charge is 0.328 e. The maximum absolute atomic E-state index is 13.2. The minimum Gasteiger partial charge on any atom is -0.383 e. The van der Waals surface area contributed by atoms with E-state index < -0.39 is 6.03 Å². The van der Waals surface area contributed by atoms with Crippen molar-refractivity contribution in [3.05, 3.63) is 47.4 Å². The SMILES string of the molecule is COCCNc1cc(NC(=O)N2CCCc3cc(-c4ccnn4C)c(C=O)nc32)ncc1C#N. The molecule has 4 heterocycles. The van der Waals surface area contributed by atoms with Crippen molar-refractivity contribution in [1.82, 2.24) is 19.7 Å². The molecule has 34 heavy (non-hydrogen) atoms. The van der Waals surface area contributed by atoms with Crippen LogP contribution in [0.5, 0.6) is 0 Å². The number of ether oxygens (including phenoxy) is 1. The number of fused-ring (bicyclic) bond motifs is 1. The number of amides is 2. The molecule has 174 valence electrons. The largest absolute Gasteiger partial charge is 0.383 e. The van der Waals surface area contributed by atoms with Gasteiger partial charge in [-0.25, -0.2) is 14.8 Å². The number of anilines is 3. The Hall–Kier alpha value is -4.30. The van der Waals surface area contributed by atoms with Crippen LogP contribution in [-0.2, 0) is 18.2 Å². The summed E-state index contributed by atoms with van der Waals surface area (Å²) in [6.07, 6.45) is 5.23. The van der Waals surface area contributed by atoms with Crippen molar-refractivity contribution in [3.63, 3.8) is 0 Å². The Balaban J connectivity index is 1.60. The van der Waals surface area contributed by atoms with Gasteiger partial charge in [0.2, 0.25) is 0 Å². The summed E-state index contributed by atoms with van der Waals surface area (Å²) in [4.78, 5) is 35.2. The van der Waals surface area contributed by atoms with E-state index >= 15 is 0 Å². The summed E-state index contributed by atoms with van der Waals surface area (Å²) in [5.41, 5.74) is 3.47. The van der Waals surface area contributed by atoms with Gasteiger partial charge in [-0.1, -0.05) is 0 Å². The van der Waals surface area contributed by atoms with Gasteiger partial charge in [0.1, 0.15) is 23.4 Å². The van der Waals surface area contributed by atoms with E-state index in [2.05, 4.69) is 31.8 Å². The van der Waals surface area contributed by atoms with Gasteiger partial charge in [0.05, 0.1) is 23.6 Å². The highest BCUT2D eigenvalue weighted by Gasteiger charge is 2.27. The summed E-state index contributed by atoms with van der Waals surface area (Å²) in [7, 11) is 3.39. The van der Waals surface area contributed by atoms with E-state index in [1.807, 2.05) is 12.1 Å². The minimum atomic E-state index is -0.418. The van der Waals surface area contributed by atoms with E-state index in [0.29, 0.717) is 48.6 Å². The second-order valence-electron chi connectivity index (χ2n) is 7.69. The van der Waals surface area contributed by atoms with Gasteiger partial charge in [0.25, 0.3) is 0 Å². The molecule has 0 unspecified atom stereocenters. The molecule has 0 spiro atoms. The lowest BCUT2D eigenvalue weighted by molar-refractivity contribution is 0.111. The Morgan fingerprint density at radius 2 is 2.24 bits per heavy atom. The summed E-state index contributed by atoms with van der Waals surface area (Å²) in [6, 6.07) is 6.98. The van der Waals surface area contributed by atoms with Crippen LogP contribution in [0.3, 0.4) is 0 Å². The Labute approximate surface area is 196 Å². The molecule has 4 rings (SSSR count). The second kappa shape index (κ2) is 10.1. The Bertz CT molecular complexity index is 1260. The van der Waals surface area contributed by atoms with E-state index in [1.54, 1.807) is 31.1 Å². The van der Waals surface area contributed by atoms with E-state index in [-0.39, 0.29) is 11.5 Å². The number of hydrogen-bond donors (Lipinski definition) is 2. The molecular weight excluding hydrogens is 436 g/mol. The second-order valence-corrected chi connectivity index (χ2v) is 7.69. The number of nitrogens with zero attached hydrogens (tertiary/aromatic N) is 6. The highest BCUT2D eigenvalue weighted by atomic mass is 16.5. The lowest BCUT2D eigenvalue weighted by Crippen LogP contribution is -2.39. The molecule has 0 radical (unpaired) electrons. The fourth-order valence-corrected chi connectivity index (χ4v) is 3.86. The quantitative estimate of drug-likeness (QED) is 0.405. The number of aromatic nitrogens is 4. The molecule has 0 fully saturated rings. The number of pyridine rings is 2. The van der Waals surface area contributed by atoms with Crippen LogP contribution in [0.2, 0.25) is 0 Å². The Morgan fingerprint density at radius 1 is 1.38 bits per heavy atom. The lowest BCUT2D eigenvalue weighted by Gasteiger charge is -2.29. The first kappa shape index (κ1) is 22.9. The molecule has 11 nitrogen and oxygen atoms in total. The number of aldehydes is 1. The number of aryl methyl sites for hydroxylation is 2. The van der Waals surface area contributed by atoms with Gasteiger partial charge < -0.3 is 10.1 Å². The first-order valence-electron chi connectivity index (χ1n) is 10.7. The van der Waals surface area contributed by atoms with Gasteiger partial charge in [-0.3, -0.25) is 19.7 Å². The third kappa shape index (κ3) is 4.57. The number of nitriles is 1. The molecule has 2 amide bonds. The van der Waals surface area contributed by atoms with Crippen LogP contribution >= 0.6 is 0 Å². The summed E-state index contributed by atoms with van der Waals surface area (Å²) >= 11 is 0. The first-order valence-corrected chi connectivity index (χ1v) is 10.7. The molecule has 0 bridgehead atoms. The molecule has 0 atom stereocenters. The number of rotatable bonds is 7. The first-order chi connectivity index (χ1) is 16.5. The third-order valence-corrected chi connectivity index (χ3v) is 5.53. The standard InChI is InChI=1S/C23H24N8O3/c1-30-20(5-6-27-30)17-10-15-4-3-8-31(22(15)28-19(17)14-32)23(33)29-21-11-18(25-7-9-34-2)16(12-24)13-26-21/h5-6,10-11,13-14H,3-4,7-9H2,1-2H3,(H2,25,26,29,33). The van der Waals surface area contributed by atoms with E-state index in [0.717, 1.165) is 24.1 Å². The van der Waals surface area contributed by atoms with Gasteiger partial charge >= 0.3 is 6.03 Å². The average molecular weight is 460 g/mol. The lowest BCUT2D eigenvalue weighted by atomic mass is 10.0. The van der Waals surface area contributed by atoms with Crippen LogP contribution in [0, 0.1) is 11.3 Å². The van der Waals surface area contributed by atoms with Crippen LogP contribution in [0.1, 0.15) is 28.0 Å². The van der Waals surface area contributed by atoms with Crippen LogP contribution in [0.25, 0.3) is 11.3 Å². The number of nitrogens with one attached hydrogen (secondary N) is 2. The van der Waals surface area contributed by atoms with Gasteiger partial charge in [0, 0.05) is 51.3 Å². The summed E-state index contributed by atoms with van der Waals surface area (Å²) in [5.74, 6) is 0.738. The molecule has 0 aliphatic carbocycles. The summed E-state index contributed by atoms with van der Waals surface area (Å²) in [6.45, 7) is 1.41. The molecule has 0 aromatic carbocycles. The molecule has 3 aromatic rings. The van der Waals surface area contributed by atoms with Gasteiger partial charge in [-0.2, -0.15) is 10.4 Å². The van der Waals surface area contributed by atoms with Crippen LogP contribution in [0.4, 0.5) is 22.1 Å². The number of carbonyl (C=O) groups is 2. The topological polar surface area (TPSA) is 138 Å². The number of hydrogen-bond acceptors (Lipinski definition) is 8. The third-order valence-electron chi connectivity index (χ3n) is 5.53. The Kier molecular flexibility index (Phi) is 6.79. The highest BCUT2D eigenvalue weighted by molar-refractivity contribution is 6.02. The maximum atomic E-state index is 13.2. The van der Waals surface area contributed by atoms with E-state index in [1.165, 1.54) is 11.1 Å². The molecule has 3 aromatic heterocycles. The van der Waals surface area contributed by atoms with Crippen molar-refractivity contribution in [3.8, 4) is 17.3 Å². The van der Waals surface area contributed by atoms with Crippen LogP contribution in [0.15, 0.2) is 30.6 Å². The van der Waals surface area contributed by atoms with Crippen molar-refractivity contribution in [2.75, 3.05) is 42.3 Å². The number of carbonyl (C=O) groups excluding carboxylic acids is 2. The van der Waals surface area contributed by atoms with E-state index in [4.69, 9.17) is 4.74 Å².